The molecule has 0 aliphatic carbocycles. The first-order chi connectivity index (χ1) is 7.17. The summed E-state index contributed by atoms with van der Waals surface area (Å²) in [5, 5.41) is 7.75. The molecule has 1 unspecified atom stereocenters. The van der Waals surface area contributed by atoms with Crippen molar-refractivity contribution < 1.29 is 4.74 Å². The van der Waals surface area contributed by atoms with Crippen LogP contribution < -0.4 is 5.32 Å². The van der Waals surface area contributed by atoms with Crippen LogP contribution in [-0.4, -0.2) is 29.5 Å². The van der Waals surface area contributed by atoms with Crippen LogP contribution in [0.3, 0.4) is 0 Å². The molecule has 0 spiro atoms. The number of aryl methyl sites for hydroxylation is 1. The summed E-state index contributed by atoms with van der Waals surface area (Å²) in [5.74, 6) is 0. The molecular formula is C11H21N3O. The second-order valence-corrected chi connectivity index (χ2v) is 3.79. The second-order valence-electron chi connectivity index (χ2n) is 3.79. The van der Waals surface area contributed by atoms with Crippen molar-refractivity contribution in [2.75, 3.05) is 13.7 Å². The largest absolute Gasteiger partial charge is 0.380 e. The molecule has 0 aromatic carbocycles. The van der Waals surface area contributed by atoms with Gasteiger partial charge in [-0.25, -0.2) is 0 Å². The number of hydrogen-bond acceptors (Lipinski definition) is 3. The first-order valence-corrected chi connectivity index (χ1v) is 5.43. The summed E-state index contributed by atoms with van der Waals surface area (Å²) in [4.78, 5) is 0. The zero-order chi connectivity index (χ0) is 11.3. The SMILES string of the molecule is CCNCc1cn(CC(C)OC)nc1C. The molecule has 4 nitrogen and oxygen atoms in total. The molecule has 0 saturated heterocycles. The molecule has 0 radical (unpaired) electrons. The van der Waals surface area contributed by atoms with Gasteiger partial charge in [0.2, 0.25) is 0 Å². The van der Waals surface area contributed by atoms with Crippen molar-refractivity contribution in [3.05, 3.63) is 17.5 Å². The lowest BCUT2D eigenvalue weighted by atomic mass is 10.2. The van der Waals surface area contributed by atoms with Crippen LogP contribution in [0.25, 0.3) is 0 Å². The molecule has 15 heavy (non-hydrogen) atoms. The number of hydrogen-bond donors (Lipinski definition) is 1. The molecule has 0 bridgehead atoms. The predicted octanol–water partition coefficient (Wildman–Crippen LogP) is 1.34. The Bertz CT molecular complexity index is 296. The minimum absolute atomic E-state index is 0.205. The molecule has 1 aromatic rings. The summed E-state index contributed by atoms with van der Waals surface area (Å²) >= 11 is 0. The zero-order valence-electron chi connectivity index (χ0n) is 10.1. The Morgan fingerprint density at radius 3 is 2.93 bits per heavy atom. The van der Waals surface area contributed by atoms with Gasteiger partial charge in [-0.2, -0.15) is 5.10 Å². The summed E-state index contributed by atoms with van der Waals surface area (Å²) in [7, 11) is 1.72. The van der Waals surface area contributed by atoms with Crippen LogP contribution in [0.1, 0.15) is 25.1 Å². The van der Waals surface area contributed by atoms with Gasteiger partial charge in [-0.1, -0.05) is 6.92 Å². The Hall–Kier alpha value is -0.870. The average molecular weight is 211 g/mol. The van der Waals surface area contributed by atoms with E-state index in [9.17, 15) is 0 Å². The first-order valence-electron chi connectivity index (χ1n) is 5.43. The minimum Gasteiger partial charge on any atom is -0.380 e. The van der Waals surface area contributed by atoms with Crippen molar-refractivity contribution in [2.45, 2.75) is 40.0 Å². The molecule has 1 atom stereocenters. The highest BCUT2D eigenvalue weighted by Crippen LogP contribution is 2.06. The number of nitrogens with zero attached hydrogens (tertiary/aromatic N) is 2. The van der Waals surface area contributed by atoms with Crippen LogP contribution in [0.5, 0.6) is 0 Å². The molecule has 86 valence electrons. The van der Waals surface area contributed by atoms with Gasteiger partial charge in [0.1, 0.15) is 0 Å². The maximum atomic E-state index is 5.21. The summed E-state index contributed by atoms with van der Waals surface area (Å²) in [5.41, 5.74) is 2.36. The third kappa shape index (κ3) is 3.64. The molecule has 0 aliphatic heterocycles. The Morgan fingerprint density at radius 2 is 2.33 bits per heavy atom. The van der Waals surface area contributed by atoms with Gasteiger partial charge in [0.05, 0.1) is 18.3 Å². The highest BCUT2D eigenvalue weighted by molar-refractivity contribution is 5.15. The predicted molar refractivity (Wildman–Crippen MR) is 60.8 cm³/mol. The monoisotopic (exact) mass is 211 g/mol. The topological polar surface area (TPSA) is 39.1 Å². The lowest BCUT2D eigenvalue weighted by Gasteiger charge is -2.08. The van der Waals surface area contributed by atoms with Crippen LogP contribution in [-0.2, 0) is 17.8 Å². The molecule has 1 heterocycles. The molecule has 1 aromatic heterocycles. The lowest BCUT2D eigenvalue weighted by Crippen LogP contribution is -2.15. The van der Waals surface area contributed by atoms with E-state index in [-0.39, 0.29) is 6.10 Å². The van der Waals surface area contributed by atoms with Gasteiger partial charge in [-0.15, -0.1) is 0 Å². The summed E-state index contributed by atoms with van der Waals surface area (Å²) in [6.45, 7) is 8.88. The van der Waals surface area contributed by atoms with E-state index in [4.69, 9.17) is 4.74 Å². The van der Waals surface area contributed by atoms with E-state index in [1.807, 2.05) is 18.5 Å². The third-order valence-electron chi connectivity index (χ3n) is 2.46. The van der Waals surface area contributed by atoms with E-state index in [0.29, 0.717) is 0 Å². The molecule has 4 heteroatoms. The number of methoxy groups -OCH3 is 1. The maximum absolute atomic E-state index is 5.21. The Kier molecular flexibility index (Phi) is 4.78. The fourth-order valence-electron chi connectivity index (χ4n) is 1.42. The van der Waals surface area contributed by atoms with E-state index in [2.05, 4.69) is 23.5 Å². The maximum Gasteiger partial charge on any atom is 0.0739 e. The molecule has 0 aliphatic rings. The van der Waals surface area contributed by atoms with Crippen LogP contribution in [0.15, 0.2) is 6.20 Å². The van der Waals surface area contributed by atoms with Crippen LogP contribution in [0, 0.1) is 6.92 Å². The molecule has 0 fully saturated rings. The second kappa shape index (κ2) is 5.88. The standard InChI is InChI=1S/C11H21N3O/c1-5-12-6-11-8-14(13-10(11)3)7-9(2)15-4/h8-9,12H,5-7H2,1-4H3. The smallest absolute Gasteiger partial charge is 0.0739 e. The van der Waals surface area contributed by atoms with E-state index in [1.165, 1.54) is 5.56 Å². The van der Waals surface area contributed by atoms with Gasteiger partial charge in [0.15, 0.2) is 0 Å². The summed E-state index contributed by atoms with van der Waals surface area (Å²) in [6, 6.07) is 0. The number of aromatic nitrogens is 2. The van der Waals surface area contributed by atoms with E-state index < -0.39 is 0 Å². The van der Waals surface area contributed by atoms with Gasteiger partial charge < -0.3 is 10.1 Å². The molecule has 1 rings (SSSR count). The average Bonchev–Trinajstić information content (AvgIpc) is 2.55. The van der Waals surface area contributed by atoms with Crippen molar-refractivity contribution in [1.82, 2.24) is 15.1 Å². The highest BCUT2D eigenvalue weighted by atomic mass is 16.5. The van der Waals surface area contributed by atoms with Crippen molar-refractivity contribution >= 4 is 0 Å². The Morgan fingerprint density at radius 1 is 1.60 bits per heavy atom. The van der Waals surface area contributed by atoms with Gasteiger partial charge in [-0.05, 0) is 20.4 Å². The van der Waals surface area contributed by atoms with Crippen LogP contribution in [0.4, 0.5) is 0 Å². The molecular weight excluding hydrogens is 190 g/mol. The van der Waals surface area contributed by atoms with Gasteiger partial charge in [0, 0.05) is 25.4 Å². The number of nitrogens with one attached hydrogen (secondary N) is 1. The zero-order valence-corrected chi connectivity index (χ0v) is 10.1. The van der Waals surface area contributed by atoms with Crippen LogP contribution >= 0.6 is 0 Å². The van der Waals surface area contributed by atoms with Crippen molar-refractivity contribution in [3.8, 4) is 0 Å². The normalized spacial score (nSPS) is 13.1. The fourth-order valence-corrected chi connectivity index (χ4v) is 1.42. The Labute approximate surface area is 91.6 Å². The lowest BCUT2D eigenvalue weighted by molar-refractivity contribution is 0.0997. The van der Waals surface area contributed by atoms with E-state index >= 15 is 0 Å². The van der Waals surface area contributed by atoms with Crippen molar-refractivity contribution in [2.24, 2.45) is 0 Å². The molecule has 0 amide bonds. The van der Waals surface area contributed by atoms with E-state index in [1.54, 1.807) is 7.11 Å². The van der Waals surface area contributed by atoms with Gasteiger partial charge in [0.25, 0.3) is 0 Å². The van der Waals surface area contributed by atoms with Crippen LogP contribution in [0.2, 0.25) is 0 Å². The first kappa shape index (κ1) is 12.2. The third-order valence-corrected chi connectivity index (χ3v) is 2.46. The quantitative estimate of drug-likeness (QED) is 0.771. The number of rotatable bonds is 6. The highest BCUT2D eigenvalue weighted by Gasteiger charge is 2.06. The van der Waals surface area contributed by atoms with E-state index in [0.717, 1.165) is 25.3 Å². The summed E-state index contributed by atoms with van der Waals surface area (Å²) in [6.07, 6.45) is 2.30. The van der Waals surface area contributed by atoms with Gasteiger partial charge >= 0.3 is 0 Å². The van der Waals surface area contributed by atoms with Crippen molar-refractivity contribution in [1.29, 1.82) is 0 Å². The minimum atomic E-state index is 0.205. The number of ether oxygens (including phenoxy) is 1. The fraction of sp³-hybridized carbons (Fsp3) is 0.727. The molecule has 1 N–H and O–H groups in total. The van der Waals surface area contributed by atoms with Gasteiger partial charge in [-0.3, -0.25) is 4.68 Å². The summed E-state index contributed by atoms with van der Waals surface area (Å²) < 4.78 is 7.16. The Balaban J connectivity index is 2.59. The molecule has 0 saturated carbocycles. The van der Waals surface area contributed by atoms with Crippen molar-refractivity contribution in [3.63, 3.8) is 0 Å².